The number of sulfonamides is 1. The van der Waals surface area contributed by atoms with Gasteiger partial charge in [-0.2, -0.15) is 8.99 Å². The Morgan fingerprint density at radius 2 is 1.61 bits per heavy atom. The molecule has 0 atom stereocenters. The molecule has 1 aliphatic rings. The van der Waals surface area contributed by atoms with Crippen molar-refractivity contribution in [2.24, 2.45) is 0 Å². The van der Waals surface area contributed by atoms with E-state index in [1.807, 2.05) is 35.2 Å². The van der Waals surface area contributed by atoms with Crippen LogP contribution in [0.4, 0.5) is 14.7 Å². The normalized spacial score (nSPS) is 15.7. The van der Waals surface area contributed by atoms with Gasteiger partial charge in [0.2, 0.25) is 16.0 Å². The molecule has 28 heavy (non-hydrogen) atoms. The summed E-state index contributed by atoms with van der Waals surface area (Å²) in [5, 5.41) is 11.8. The lowest BCUT2D eigenvalue weighted by Gasteiger charge is -2.34. The van der Waals surface area contributed by atoms with E-state index < -0.39 is 21.7 Å². The summed E-state index contributed by atoms with van der Waals surface area (Å²) in [7, 11) is -3.91. The number of halogens is 2. The monoisotopic (exact) mass is 406 g/mol. The van der Waals surface area contributed by atoms with Crippen molar-refractivity contribution in [1.82, 2.24) is 24.5 Å². The summed E-state index contributed by atoms with van der Waals surface area (Å²) in [6.07, 6.45) is 0. The van der Waals surface area contributed by atoms with Crippen LogP contribution in [0.15, 0.2) is 53.4 Å². The molecule has 2 aromatic carbocycles. The van der Waals surface area contributed by atoms with Crippen LogP contribution in [0.25, 0.3) is 5.69 Å². The Hall–Kier alpha value is -2.92. The molecule has 0 unspecified atom stereocenters. The number of benzene rings is 2. The quantitative estimate of drug-likeness (QED) is 0.652. The van der Waals surface area contributed by atoms with Gasteiger partial charge in [-0.25, -0.2) is 17.2 Å². The maximum atomic E-state index is 13.4. The van der Waals surface area contributed by atoms with Crippen molar-refractivity contribution in [2.75, 3.05) is 31.1 Å². The van der Waals surface area contributed by atoms with Crippen LogP contribution in [0.5, 0.6) is 0 Å². The van der Waals surface area contributed by atoms with Gasteiger partial charge in [0.25, 0.3) is 0 Å². The second kappa shape index (κ2) is 7.24. The zero-order valence-corrected chi connectivity index (χ0v) is 15.4. The summed E-state index contributed by atoms with van der Waals surface area (Å²) in [6, 6.07) is 11.9. The molecule has 11 heteroatoms. The topological polar surface area (TPSA) is 84.2 Å². The van der Waals surface area contributed by atoms with Crippen molar-refractivity contribution in [3.05, 3.63) is 60.2 Å². The molecule has 0 amide bonds. The fourth-order valence-electron chi connectivity index (χ4n) is 3.03. The number of rotatable bonds is 4. The minimum atomic E-state index is -3.91. The van der Waals surface area contributed by atoms with E-state index in [4.69, 9.17) is 0 Å². The van der Waals surface area contributed by atoms with Gasteiger partial charge in [-0.3, -0.25) is 0 Å². The molecule has 0 radical (unpaired) electrons. The van der Waals surface area contributed by atoms with Crippen molar-refractivity contribution < 1.29 is 17.2 Å². The molecule has 0 spiro atoms. The fourth-order valence-corrected chi connectivity index (χ4v) is 4.47. The fraction of sp³-hybridized carbons (Fsp3) is 0.235. The van der Waals surface area contributed by atoms with E-state index in [1.165, 1.54) is 4.31 Å². The zero-order chi connectivity index (χ0) is 19.7. The number of anilines is 1. The number of hydrogen-bond donors (Lipinski definition) is 0. The van der Waals surface area contributed by atoms with Gasteiger partial charge in [-0.1, -0.05) is 23.3 Å². The summed E-state index contributed by atoms with van der Waals surface area (Å²) >= 11 is 0. The first-order chi connectivity index (χ1) is 13.5. The van der Waals surface area contributed by atoms with E-state index >= 15 is 0 Å². The molecule has 8 nitrogen and oxygen atoms in total. The lowest BCUT2D eigenvalue weighted by atomic mass is 10.3. The van der Waals surface area contributed by atoms with E-state index in [-0.39, 0.29) is 18.0 Å². The van der Waals surface area contributed by atoms with E-state index in [1.54, 1.807) is 4.68 Å². The Morgan fingerprint density at radius 1 is 0.893 bits per heavy atom. The van der Waals surface area contributed by atoms with Crippen LogP contribution >= 0.6 is 0 Å². The highest BCUT2D eigenvalue weighted by molar-refractivity contribution is 7.89. The van der Waals surface area contributed by atoms with Gasteiger partial charge in [0.1, 0.15) is 0 Å². The van der Waals surface area contributed by atoms with Gasteiger partial charge in [-0.15, -0.1) is 0 Å². The molecule has 1 fully saturated rings. The SMILES string of the molecule is O=S(=O)(c1ccc(F)c(F)c1)N1CCN(c2nnnn2-c2ccccc2)CC1. The van der Waals surface area contributed by atoms with Crippen LogP contribution in [0.1, 0.15) is 0 Å². The number of piperazine rings is 1. The van der Waals surface area contributed by atoms with Crippen LogP contribution in [0, 0.1) is 11.6 Å². The lowest BCUT2D eigenvalue weighted by molar-refractivity contribution is 0.381. The highest BCUT2D eigenvalue weighted by Gasteiger charge is 2.31. The molecule has 0 N–H and O–H groups in total. The van der Waals surface area contributed by atoms with Crippen LogP contribution in [0.2, 0.25) is 0 Å². The summed E-state index contributed by atoms with van der Waals surface area (Å²) in [5.74, 6) is -1.77. The molecule has 3 aromatic rings. The van der Waals surface area contributed by atoms with E-state index in [0.717, 1.165) is 17.8 Å². The van der Waals surface area contributed by atoms with Crippen molar-refractivity contribution in [3.8, 4) is 5.69 Å². The molecule has 0 saturated carbocycles. The van der Waals surface area contributed by atoms with Crippen molar-refractivity contribution in [3.63, 3.8) is 0 Å². The van der Waals surface area contributed by atoms with Crippen LogP contribution < -0.4 is 4.90 Å². The van der Waals surface area contributed by atoms with Crippen LogP contribution in [0.3, 0.4) is 0 Å². The standard InChI is InChI=1S/C17H16F2N6O2S/c18-15-7-6-14(12-16(15)19)28(26,27)24-10-8-23(9-11-24)17-20-21-22-25(17)13-4-2-1-3-5-13/h1-7,12H,8-11H2. The van der Waals surface area contributed by atoms with Gasteiger partial charge in [-0.05, 0) is 40.8 Å². The van der Waals surface area contributed by atoms with Crippen LogP contribution in [-0.4, -0.2) is 59.1 Å². The average molecular weight is 406 g/mol. The second-order valence-electron chi connectivity index (χ2n) is 6.19. The minimum absolute atomic E-state index is 0.170. The van der Waals surface area contributed by atoms with Gasteiger partial charge in [0.05, 0.1) is 10.6 Å². The van der Waals surface area contributed by atoms with E-state index in [9.17, 15) is 17.2 Å². The Bertz CT molecular complexity index is 1080. The van der Waals surface area contributed by atoms with Gasteiger partial charge >= 0.3 is 0 Å². The molecule has 146 valence electrons. The first kappa shape index (κ1) is 18.4. The first-order valence-electron chi connectivity index (χ1n) is 8.51. The largest absolute Gasteiger partial charge is 0.337 e. The average Bonchev–Trinajstić information content (AvgIpc) is 3.20. The predicted octanol–water partition coefficient (Wildman–Crippen LogP) is 1.45. The Morgan fingerprint density at radius 3 is 2.29 bits per heavy atom. The molecule has 4 rings (SSSR count). The molecule has 1 aliphatic heterocycles. The van der Waals surface area contributed by atoms with Gasteiger partial charge in [0, 0.05) is 26.2 Å². The first-order valence-corrected chi connectivity index (χ1v) is 9.95. The Kier molecular flexibility index (Phi) is 4.77. The molecule has 1 aromatic heterocycles. The smallest absolute Gasteiger partial charge is 0.250 e. The summed E-state index contributed by atoms with van der Waals surface area (Å²) in [6.45, 7) is 1.05. The van der Waals surface area contributed by atoms with Crippen molar-refractivity contribution in [2.45, 2.75) is 4.90 Å². The predicted molar refractivity (Wildman–Crippen MR) is 96.5 cm³/mol. The molecular formula is C17H16F2N6O2S. The van der Waals surface area contributed by atoms with E-state index in [0.29, 0.717) is 25.1 Å². The van der Waals surface area contributed by atoms with E-state index in [2.05, 4.69) is 15.5 Å². The van der Waals surface area contributed by atoms with Crippen molar-refractivity contribution in [1.29, 1.82) is 0 Å². The zero-order valence-electron chi connectivity index (χ0n) is 14.6. The molecular weight excluding hydrogens is 390 g/mol. The highest BCUT2D eigenvalue weighted by Crippen LogP contribution is 2.22. The van der Waals surface area contributed by atoms with Crippen molar-refractivity contribution >= 4 is 16.0 Å². The number of aromatic nitrogens is 4. The summed E-state index contributed by atoms with van der Waals surface area (Å²) in [5.41, 5.74) is 0.791. The third-order valence-electron chi connectivity index (χ3n) is 4.50. The lowest BCUT2D eigenvalue weighted by Crippen LogP contribution is -2.49. The summed E-state index contributed by atoms with van der Waals surface area (Å²) < 4.78 is 54.8. The Balaban J connectivity index is 1.51. The third kappa shape index (κ3) is 3.34. The van der Waals surface area contributed by atoms with Crippen LogP contribution in [-0.2, 0) is 10.0 Å². The molecule has 0 aliphatic carbocycles. The molecule has 1 saturated heterocycles. The number of para-hydroxylation sites is 1. The Labute approximate surface area is 160 Å². The third-order valence-corrected chi connectivity index (χ3v) is 6.40. The minimum Gasteiger partial charge on any atom is -0.337 e. The number of tetrazole rings is 1. The highest BCUT2D eigenvalue weighted by atomic mass is 32.2. The number of nitrogens with zero attached hydrogens (tertiary/aromatic N) is 6. The second-order valence-corrected chi connectivity index (χ2v) is 8.13. The van der Waals surface area contributed by atoms with Gasteiger partial charge < -0.3 is 4.90 Å². The van der Waals surface area contributed by atoms with Gasteiger partial charge in [0.15, 0.2) is 11.6 Å². The number of hydrogen-bond acceptors (Lipinski definition) is 6. The maximum Gasteiger partial charge on any atom is 0.250 e. The molecule has 0 bridgehead atoms. The molecule has 2 heterocycles. The maximum absolute atomic E-state index is 13.4. The summed E-state index contributed by atoms with van der Waals surface area (Å²) in [4.78, 5) is 1.61.